The summed E-state index contributed by atoms with van der Waals surface area (Å²) in [5.41, 5.74) is -0.309. The summed E-state index contributed by atoms with van der Waals surface area (Å²) in [5.74, 6) is 0.285. The van der Waals surface area contributed by atoms with E-state index < -0.39 is 0 Å². The van der Waals surface area contributed by atoms with Crippen LogP contribution in [0.25, 0.3) is 4.96 Å². The zero-order chi connectivity index (χ0) is 15.0. The number of rotatable bonds is 3. The van der Waals surface area contributed by atoms with E-state index in [1.54, 1.807) is 37.0 Å². The van der Waals surface area contributed by atoms with Crippen molar-refractivity contribution in [2.75, 3.05) is 7.05 Å². The minimum absolute atomic E-state index is 0.0480. The van der Waals surface area contributed by atoms with Crippen molar-refractivity contribution < 1.29 is 9.21 Å². The predicted octanol–water partition coefficient (Wildman–Crippen LogP) is 2.18. The number of thiazole rings is 1. The molecule has 0 radical (unpaired) electrons. The largest absolute Gasteiger partial charge is 0.467 e. The van der Waals surface area contributed by atoms with Crippen molar-refractivity contribution in [3.05, 3.63) is 57.8 Å². The topological polar surface area (TPSA) is 67.8 Å². The van der Waals surface area contributed by atoms with Gasteiger partial charge in [0, 0.05) is 24.8 Å². The van der Waals surface area contributed by atoms with Crippen LogP contribution in [0.15, 0.2) is 45.4 Å². The Morgan fingerprint density at radius 3 is 3.05 bits per heavy atom. The molecule has 0 fully saturated rings. The van der Waals surface area contributed by atoms with Crippen LogP contribution in [0, 0.1) is 0 Å². The molecule has 1 amide bonds. The van der Waals surface area contributed by atoms with Gasteiger partial charge < -0.3 is 9.32 Å². The Morgan fingerprint density at radius 2 is 2.33 bits per heavy atom. The van der Waals surface area contributed by atoms with E-state index in [0.29, 0.717) is 10.7 Å². The van der Waals surface area contributed by atoms with E-state index >= 15 is 0 Å². The third kappa shape index (κ3) is 2.25. The van der Waals surface area contributed by atoms with Crippen molar-refractivity contribution in [2.45, 2.75) is 13.0 Å². The first-order chi connectivity index (χ1) is 10.1. The van der Waals surface area contributed by atoms with Crippen LogP contribution in [0.5, 0.6) is 0 Å². The molecule has 108 valence electrons. The third-order valence-electron chi connectivity index (χ3n) is 3.43. The summed E-state index contributed by atoms with van der Waals surface area (Å²) in [6, 6.07) is 3.29. The molecule has 0 aliphatic carbocycles. The Bertz CT molecular complexity index is 835. The number of carbonyl (C=O) groups excluding carboxylic acids is 1. The second-order valence-electron chi connectivity index (χ2n) is 4.64. The van der Waals surface area contributed by atoms with Gasteiger partial charge in [-0.2, -0.15) is 0 Å². The molecular formula is C14H13N3O3S. The summed E-state index contributed by atoms with van der Waals surface area (Å²) in [5, 5.41) is 1.76. The van der Waals surface area contributed by atoms with Gasteiger partial charge in [0.15, 0.2) is 4.96 Å². The second-order valence-corrected chi connectivity index (χ2v) is 5.51. The van der Waals surface area contributed by atoms with Crippen LogP contribution >= 0.6 is 11.3 Å². The van der Waals surface area contributed by atoms with Crippen molar-refractivity contribution in [1.82, 2.24) is 14.3 Å². The van der Waals surface area contributed by atoms with Crippen molar-refractivity contribution in [2.24, 2.45) is 0 Å². The highest BCUT2D eigenvalue weighted by Gasteiger charge is 2.23. The Balaban J connectivity index is 1.96. The number of hydrogen-bond donors (Lipinski definition) is 0. The summed E-state index contributed by atoms with van der Waals surface area (Å²) < 4.78 is 6.68. The number of amides is 1. The molecule has 0 saturated carbocycles. The monoisotopic (exact) mass is 303 g/mol. The minimum Gasteiger partial charge on any atom is -0.467 e. The Hall–Kier alpha value is -2.41. The SMILES string of the molecule is CC(c1ccco1)N(C)C(=O)c1cnc2sccn2c1=O. The molecule has 3 aromatic rings. The molecule has 0 aliphatic heterocycles. The normalized spacial score (nSPS) is 12.5. The highest BCUT2D eigenvalue weighted by atomic mass is 32.1. The van der Waals surface area contributed by atoms with Crippen molar-refractivity contribution in [3.8, 4) is 0 Å². The van der Waals surface area contributed by atoms with Crippen molar-refractivity contribution in [3.63, 3.8) is 0 Å². The summed E-state index contributed by atoms with van der Waals surface area (Å²) >= 11 is 1.35. The third-order valence-corrected chi connectivity index (χ3v) is 4.20. The number of fused-ring (bicyclic) bond motifs is 1. The van der Waals surface area contributed by atoms with Gasteiger partial charge in [0.1, 0.15) is 11.3 Å². The predicted molar refractivity (Wildman–Crippen MR) is 78.6 cm³/mol. The first kappa shape index (κ1) is 13.6. The number of carbonyl (C=O) groups is 1. The van der Waals surface area contributed by atoms with E-state index in [2.05, 4.69) is 4.98 Å². The van der Waals surface area contributed by atoms with E-state index in [1.165, 1.54) is 26.8 Å². The molecule has 0 spiro atoms. The average molecular weight is 303 g/mol. The average Bonchev–Trinajstić information content (AvgIpc) is 3.16. The first-order valence-electron chi connectivity index (χ1n) is 6.35. The maximum Gasteiger partial charge on any atom is 0.271 e. The molecule has 0 aliphatic rings. The summed E-state index contributed by atoms with van der Waals surface area (Å²) in [7, 11) is 1.64. The Labute approximate surface area is 124 Å². The van der Waals surface area contributed by atoms with Gasteiger partial charge in [-0.15, -0.1) is 11.3 Å². The highest BCUT2D eigenvalue weighted by molar-refractivity contribution is 7.15. The quantitative estimate of drug-likeness (QED) is 0.744. The molecule has 1 atom stereocenters. The summed E-state index contributed by atoms with van der Waals surface area (Å²) in [4.78, 5) is 31.0. The molecule has 3 aromatic heterocycles. The number of nitrogens with zero attached hydrogens (tertiary/aromatic N) is 3. The fraction of sp³-hybridized carbons (Fsp3) is 0.214. The molecule has 3 heterocycles. The van der Waals surface area contributed by atoms with E-state index in [9.17, 15) is 9.59 Å². The van der Waals surface area contributed by atoms with Crippen molar-refractivity contribution >= 4 is 22.2 Å². The molecule has 0 bridgehead atoms. The molecule has 21 heavy (non-hydrogen) atoms. The van der Waals surface area contributed by atoms with Crippen LogP contribution in [0.2, 0.25) is 0 Å². The van der Waals surface area contributed by atoms with E-state index in [-0.39, 0.29) is 23.1 Å². The number of hydrogen-bond acceptors (Lipinski definition) is 5. The van der Waals surface area contributed by atoms with Crippen LogP contribution in [0.1, 0.15) is 29.1 Å². The van der Waals surface area contributed by atoms with E-state index in [4.69, 9.17) is 4.42 Å². The van der Waals surface area contributed by atoms with Gasteiger partial charge in [-0.25, -0.2) is 4.98 Å². The Kier molecular flexibility index (Phi) is 3.34. The van der Waals surface area contributed by atoms with E-state index in [1.807, 2.05) is 6.92 Å². The lowest BCUT2D eigenvalue weighted by Crippen LogP contribution is -2.34. The van der Waals surface area contributed by atoms with Crippen LogP contribution in [-0.4, -0.2) is 27.2 Å². The lowest BCUT2D eigenvalue weighted by Gasteiger charge is -2.22. The standard InChI is InChI=1S/C14H13N3O3S/c1-9(11-4-3-6-20-11)16(2)12(18)10-8-15-14-17(13(10)19)5-7-21-14/h3-9H,1-2H3. The molecule has 1 unspecified atom stereocenters. The molecule has 7 heteroatoms. The van der Waals surface area contributed by atoms with E-state index in [0.717, 1.165) is 0 Å². The molecular weight excluding hydrogens is 290 g/mol. The molecule has 0 saturated heterocycles. The fourth-order valence-electron chi connectivity index (χ4n) is 2.06. The fourth-order valence-corrected chi connectivity index (χ4v) is 2.73. The van der Waals surface area contributed by atoms with Crippen molar-refractivity contribution in [1.29, 1.82) is 0 Å². The van der Waals surface area contributed by atoms with Gasteiger partial charge in [0.05, 0.1) is 12.3 Å². The highest BCUT2D eigenvalue weighted by Crippen LogP contribution is 2.20. The molecule has 0 aromatic carbocycles. The molecule has 3 rings (SSSR count). The van der Waals surface area contributed by atoms with Gasteiger partial charge >= 0.3 is 0 Å². The van der Waals surface area contributed by atoms with Crippen LogP contribution in [0.4, 0.5) is 0 Å². The summed E-state index contributed by atoms with van der Waals surface area (Å²) in [6.45, 7) is 1.84. The number of furan rings is 1. The Morgan fingerprint density at radius 1 is 1.52 bits per heavy atom. The first-order valence-corrected chi connectivity index (χ1v) is 7.23. The molecule has 0 N–H and O–H groups in total. The molecule has 6 nitrogen and oxygen atoms in total. The zero-order valence-electron chi connectivity index (χ0n) is 11.5. The van der Waals surface area contributed by atoms with Crippen LogP contribution in [-0.2, 0) is 0 Å². The van der Waals surface area contributed by atoms with Crippen LogP contribution in [0.3, 0.4) is 0 Å². The van der Waals surface area contributed by atoms with Gasteiger partial charge in [0.25, 0.3) is 11.5 Å². The van der Waals surface area contributed by atoms with Crippen LogP contribution < -0.4 is 5.56 Å². The smallest absolute Gasteiger partial charge is 0.271 e. The van der Waals surface area contributed by atoms with Gasteiger partial charge in [0.2, 0.25) is 0 Å². The van der Waals surface area contributed by atoms with Gasteiger partial charge in [-0.3, -0.25) is 14.0 Å². The number of aromatic nitrogens is 2. The second kappa shape index (κ2) is 5.17. The summed E-state index contributed by atoms with van der Waals surface area (Å²) in [6.07, 6.45) is 4.50. The zero-order valence-corrected chi connectivity index (χ0v) is 12.3. The van der Waals surface area contributed by atoms with Gasteiger partial charge in [-0.1, -0.05) is 0 Å². The maximum absolute atomic E-state index is 12.5. The lowest BCUT2D eigenvalue weighted by atomic mass is 10.2. The van der Waals surface area contributed by atoms with Gasteiger partial charge in [-0.05, 0) is 19.1 Å². The maximum atomic E-state index is 12.5. The lowest BCUT2D eigenvalue weighted by molar-refractivity contribution is 0.0724. The minimum atomic E-state index is -0.378.